The number of carboxylic acid groups (broad SMARTS) is 1. The van der Waals surface area contributed by atoms with Gasteiger partial charge in [-0.05, 0) is 30.5 Å². The molecule has 0 radical (unpaired) electrons. The van der Waals surface area contributed by atoms with Gasteiger partial charge in [0, 0.05) is 5.39 Å². The average Bonchev–Trinajstić information content (AvgIpc) is 2.88. The molecule has 1 aliphatic heterocycles. The number of nitrogens with one attached hydrogen (secondary N) is 1. The minimum atomic E-state index is -4.56. The molecule has 2 N–H and O–H groups in total. The number of H-pyrrole nitrogens is 1. The van der Waals surface area contributed by atoms with E-state index < -0.39 is 23.3 Å². The number of halogens is 4. The van der Waals surface area contributed by atoms with Gasteiger partial charge in [-0.3, -0.25) is 0 Å². The van der Waals surface area contributed by atoms with Gasteiger partial charge in [-0.2, -0.15) is 13.2 Å². The zero-order chi connectivity index (χ0) is 17.7. The molecule has 24 heavy (non-hydrogen) atoms. The van der Waals surface area contributed by atoms with Crippen molar-refractivity contribution in [2.45, 2.75) is 38.0 Å². The van der Waals surface area contributed by atoms with Crippen molar-refractivity contribution in [3.05, 3.63) is 34.0 Å². The fraction of sp³-hybridized carbons (Fsp3) is 0.438. The Kier molecular flexibility index (Phi) is 4.04. The van der Waals surface area contributed by atoms with Crippen LogP contribution in [0.5, 0.6) is 0 Å². The zero-order valence-corrected chi connectivity index (χ0v) is 13.5. The minimum absolute atomic E-state index is 0.0378. The van der Waals surface area contributed by atoms with Crippen LogP contribution in [0.25, 0.3) is 10.9 Å². The second-order valence-corrected chi connectivity index (χ2v) is 6.21. The fourth-order valence-corrected chi connectivity index (χ4v) is 3.60. The van der Waals surface area contributed by atoms with Crippen LogP contribution in [-0.4, -0.2) is 22.7 Å². The number of aliphatic carboxylic acids is 1. The summed E-state index contributed by atoms with van der Waals surface area (Å²) in [7, 11) is 0. The first-order chi connectivity index (χ1) is 11.2. The van der Waals surface area contributed by atoms with Gasteiger partial charge in [-0.1, -0.05) is 24.9 Å². The molecule has 3 rings (SSSR count). The molecule has 0 bridgehead atoms. The number of hydrogen-bond donors (Lipinski definition) is 2. The van der Waals surface area contributed by atoms with Gasteiger partial charge in [0.25, 0.3) is 0 Å². The van der Waals surface area contributed by atoms with E-state index in [-0.39, 0.29) is 41.1 Å². The van der Waals surface area contributed by atoms with E-state index in [4.69, 9.17) is 16.3 Å². The highest BCUT2D eigenvalue weighted by atomic mass is 35.5. The van der Waals surface area contributed by atoms with E-state index in [1.54, 1.807) is 6.92 Å². The normalized spacial score (nSPS) is 21.0. The molecule has 0 saturated carbocycles. The van der Waals surface area contributed by atoms with Crippen molar-refractivity contribution < 1.29 is 27.8 Å². The Morgan fingerprint density at radius 2 is 2.17 bits per heavy atom. The lowest BCUT2D eigenvalue weighted by molar-refractivity contribution is -0.171. The Bertz CT molecular complexity index is 815. The summed E-state index contributed by atoms with van der Waals surface area (Å²) in [5.41, 5.74) is -1.91. The summed E-state index contributed by atoms with van der Waals surface area (Å²) >= 11 is 6.06. The topological polar surface area (TPSA) is 62.3 Å². The predicted molar refractivity (Wildman–Crippen MR) is 82.2 cm³/mol. The molecule has 1 aromatic carbocycles. The van der Waals surface area contributed by atoms with Crippen LogP contribution in [0.3, 0.4) is 0 Å². The molecule has 0 spiro atoms. The Morgan fingerprint density at radius 3 is 2.75 bits per heavy atom. The number of benzene rings is 1. The Hall–Kier alpha value is -1.73. The molecule has 1 aromatic heterocycles. The maximum atomic E-state index is 13.4. The Balaban J connectivity index is 2.38. The first kappa shape index (κ1) is 17.1. The first-order valence-corrected chi connectivity index (χ1v) is 7.88. The summed E-state index contributed by atoms with van der Waals surface area (Å²) in [4.78, 5) is 14.7. The average molecular weight is 362 g/mol. The molecule has 0 fully saturated rings. The quantitative estimate of drug-likeness (QED) is 0.846. The lowest BCUT2D eigenvalue weighted by atomic mass is 9.87. The number of ether oxygens (including phenoxy) is 1. The van der Waals surface area contributed by atoms with E-state index in [0.29, 0.717) is 12.0 Å². The highest BCUT2D eigenvalue weighted by molar-refractivity contribution is 6.35. The predicted octanol–water partition coefficient (Wildman–Crippen LogP) is 4.49. The van der Waals surface area contributed by atoms with Gasteiger partial charge in [-0.25, -0.2) is 4.79 Å². The Labute approximate surface area is 140 Å². The molecule has 130 valence electrons. The van der Waals surface area contributed by atoms with E-state index in [2.05, 4.69) is 4.98 Å². The van der Waals surface area contributed by atoms with E-state index in [1.165, 1.54) is 0 Å². The summed E-state index contributed by atoms with van der Waals surface area (Å²) < 4.78 is 45.7. The van der Waals surface area contributed by atoms with Crippen molar-refractivity contribution in [1.29, 1.82) is 0 Å². The highest BCUT2D eigenvalue weighted by Gasteiger charge is 2.48. The number of carbonyl (C=O) groups is 1. The third-order valence-corrected chi connectivity index (χ3v) is 4.68. The molecule has 1 unspecified atom stereocenters. The number of aromatic nitrogens is 1. The minimum Gasteiger partial charge on any atom is -0.479 e. The SMILES string of the molecule is CCCC1(C(=O)O)OCCc2c1[nH]c1c(Cl)ccc(C(F)(F)F)c21. The molecule has 2 aromatic rings. The van der Waals surface area contributed by atoms with Gasteiger partial charge in [0.1, 0.15) is 0 Å². The van der Waals surface area contributed by atoms with Crippen LogP contribution in [0, 0.1) is 0 Å². The third-order valence-electron chi connectivity index (χ3n) is 4.37. The molecular weight excluding hydrogens is 347 g/mol. The van der Waals surface area contributed by atoms with Crippen LogP contribution in [0.2, 0.25) is 5.02 Å². The van der Waals surface area contributed by atoms with Crippen molar-refractivity contribution in [3.8, 4) is 0 Å². The molecule has 2 heterocycles. The van der Waals surface area contributed by atoms with Crippen molar-refractivity contribution in [2.24, 2.45) is 0 Å². The third kappa shape index (κ3) is 2.38. The molecule has 0 amide bonds. The number of aromatic amines is 1. The Morgan fingerprint density at radius 1 is 1.46 bits per heavy atom. The molecule has 4 nitrogen and oxygen atoms in total. The van der Waals surface area contributed by atoms with Crippen LogP contribution in [0.15, 0.2) is 12.1 Å². The van der Waals surface area contributed by atoms with E-state index in [0.717, 1.165) is 12.1 Å². The number of alkyl halides is 3. The largest absolute Gasteiger partial charge is 0.479 e. The van der Waals surface area contributed by atoms with Crippen LogP contribution < -0.4 is 0 Å². The first-order valence-electron chi connectivity index (χ1n) is 7.50. The monoisotopic (exact) mass is 361 g/mol. The van der Waals surface area contributed by atoms with Gasteiger partial charge >= 0.3 is 12.1 Å². The van der Waals surface area contributed by atoms with Gasteiger partial charge in [0.15, 0.2) is 0 Å². The zero-order valence-electron chi connectivity index (χ0n) is 12.8. The molecule has 1 atom stereocenters. The van der Waals surface area contributed by atoms with Crippen LogP contribution >= 0.6 is 11.6 Å². The smallest absolute Gasteiger partial charge is 0.417 e. The summed E-state index contributed by atoms with van der Waals surface area (Å²) in [6.45, 7) is 1.83. The van der Waals surface area contributed by atoms with E-state index in [1.807, 2.05) is 0 Å². The molecule has 8 heteroatoms. The maximum absolute atomic E-state index is 13.4. The van der Waals surface area contributed by atoms with Crippen molar-refractivity contribution in [3.63, 3.8) is 0 Å². The number of hydrogen-bond acceptors (Lipinski definition) is 2. The lowest BCUT2D eigenvalue weighted by Crippen LogP contribution is -2.43. The molecule has 1 aliphatic rings. The van der Waals surface area contributed by atoms with Crippen LogP contribution in [0.1, 0.15) is 36.6 Å². The number of rotatable bonds is 3. The maximum Gasteiger partial charge on any atom is 0.417 e. The van der Waals surface area contributed by atoms with Crippen LogP contribution in [0.4, 0.5) is 13.2 Å². The second-order valence-electron chi connectivity index (χ2n) is 5.80. The van der Waals surface area contributed by atoms with Crippen molar-refractivity contribution in [2.75, 3.05) is 6.61 Å². The van der Waals surface area contributed by atoms with Crippen molar-refractivity contribution >= 4 is 28.5 Å². The fourth-order valence-electron chi connectivity index (χ4n) is 3.39. The second kappa shape index (κ2) is 5.67. The van der Waals surface area contributed by atoms with Crippen LogP contribution in [-0.2, 0) is 27.7 Å². The van der Waals surface area contributed by atoms with E-state index in [9.17, 15) is 23.1 Å². The summed E-state index contributed by atoms with van der Waals surface area (Å²) in [6, 6.07) is 2.09. The summed E-state index contributed by atoms with van der Waals surface area (Å²) in [5.74, 6) is -1.22. The van der Waals surface area contributed by atoms with Gasteiger partial charge in [-0.15, -0.1) is 0 Å². The van der Waals surface area contributed by atoms with Gasteiger partial charge < -0.3 is 14.8 Å². The lowest BCUT2D eigenvalue weighted by Gasteiger charge is -2.33. The molecular formula is C16H15ClF3NO3. The molecule has 0 aliphatic carbocycles. The highest BCUT2D eigenvalue weighted by Crippen LogP contribution is 2.45. The number of carboxylic acids is 1. The van der Waals surface area contributed by atoms with Gasteiger partial charge in [0.05, 0.1) is 28.4 Å². The van der Waals surface area contributed by atoms with Crippen molar-refractivity contribution in [1.82, 2.24) is 4.98 Å². The van der Waals surface area contributed by atoms with E-state index >= 15 is 0 Å². The molecule has 0 saturated heterocycles. The summed E-state index contributed by atoms with van der Waals surface area (Å²) in [5, 5.41) is 9.74. The van der Waals surface area contributed by atoms with Gasteiger partial charge in [0.2, 0.25) is 5.60 Å². The number of fused-ring (bicyclic) bond motifs is 3. The standard InChI is InChI=1S/C16H15ClF3NO3/c1-2-6-15(14(22)23)13-8(5-7-24-15)11-9(16(18,19)20)3-4-10(17)12(11)21-13/h3-4,21H,2,5-7H2,1H3,(H,22,23). The summed E-state index contributed by atoms with van der Waals surface area (Å²) in [6.07, 6.45) is -3.71.